The molecule has 0 aromatic heterocycles. The van der Waals surface area contributed by atoms with Gasteiger partial charge in [0, 0.05) is 26.2 Å². The Labute approximate surface area is 131 Å². The van der Waals surface area contributed by atoms with Gasteiger partial charge in [0.05, 0.1) is 5.60 Å². The monoisotopic (exact) mass is 314 g/mol. The number of piperidine rings is 1. The first-order valence-electron chi connectivity index (χ1n) is 7.67. The lowest BCUT2D eigenvalue weighted by molar-refractivity contribution is -0.192. The van der Waals surface area contributed by atoms with Crippen molar-refractivity contribution >= 4 is 12.1 Å². The molecule has 22 heavy (non-hydrogen) atoms. The fourth-order valence-electron chi connectivity index (χ4n) is 3.04. The average Bonchev–Trinajstić information content (AvgIpc) is 2.36. The molecule has 0 radical (unpaired) electrons. The van der Waals surface area contributed by atoms with Gasteiger partial charge in [0.2, 0.25) is 0 Å². The second-order valence-corrected chi connectivity index (χ2v) is 7.29. The predicted molar refractivity (Wildman–Crippen MR) is 79.8 cm³/mol. The van der Waals surface area contributed by atoms with Crippen molar-refractivity contribution in [1.82, 2.24) is 9.80 Å². The molecule has 0 aromatic carbocycles. The van der Waals surface area contributed by atoms with E-state index >= 15 is 0 Å². The van der Waals surface area contributed by atoms with Crippen LogP contribution in [-0.2, 0) is 14.3 Å². The first-order chi connectivity index (χ1) is 10.1. The molecule has 1 spiro atoms. The van der Waals surface area contributed by atoms with E-state index in [2.05, 4.69) is 0 Å². The Bertz CT molecular complexity index is 438. The van der Waals surface area contributed by atoms with Crippen molar-refractivity contribution in [3.05, 3.63) is 0 Å². The van der Waals surface area contributed by atoms with Crippen LogP contribution in [0.15, 0.2) is 0 Å². The van der Waals surface area contributed by atoms with E-state index in [9.17, 15) is 14.7 Å². The number of carbonyl (C=O) groups excluding carboxylic acids is 1. The average molecular weight is 314 g/mol. The molecule has 0 bridgehead atoms. The summed E-state index contributed by atoms with van der Waals surface area (Å²) in [6.45, 7) is 7.66. The third-order valence-electron chi connectivity index (χ3n) is 4.03. The minimum Gasteiger partial charge on any atom is -0.479 e. The van der Waals surface area contributed by atoms with Gasteiger partial charge in [-0.25, -0.2) is 9.59 Å². The van der Waals surface area contributed by atoms with Crippen LogP contribution in [0.3, 0.4) is 0 Å². The van der Waals surface area contributed by atoms with Crippen molar-refractivity contribution in [1.29, 1.82) is 0 Å². The highest BCUT2D eigenvalue weighted by Gasteiger charge is 2.45. The van der Waals surface area contributed by atoms with Gasteiger partial charge in [-0.2, -0.15) is 0 Å². The molecule has 2 fully saturated rings. The van der Waals surface area contributed by atoms with Crippen molar-refractivity contribution in [2.45, 2.75) is 50.9 Å². The first-order valence-corrected chi connectivity index (χ1v) is 7.67. The minimum absolute atomic E-state index is 0.318. The third kappa shape index (κ3) is 4.10. The number of likely N-dealkylation sites (N-methyl/N-ethyl adjacent to an activating group) is 1. The topological polar surface area (TPSA) is 79.3 Å². The van der Waals surface area contributed by atoms with Gasteiger partial charge in [0.25, 0.3) is 0 Å². The van der Waals surface area contributed by atoms with Gasteiger partial charge < -0.3 is 24.4 Å². The zero-order chi connectivity index (χ0) is 16.5. The number of aliphatic carboxylic acids is 1. The van der Waals surface area contributed by atoms with E-state index in [-0.39, 0.29) is 6.09 Å². The number of rotatable bonds is 1. The highest BCUT2D eigenvalue weighted by atomic mass is 16.6. The zero-order valence-corrected chi connectivity index (χ0v) is 13.8. The van der Waals surface area contributed by atoms with Gasteiger partial charge in [-0.1, -0.05) is 0 Å². The molecule has 0 saturated carbocycles. The van der Waals surface area contributed by atoms with Crippen molar-refractivity contribution in [3.63, 3.8) is 0 Å². The van der Waals surface area contributed by atoms with Gasteiger partial charge in [0.15, 0.2) is 6.10 Å². The van der Waals surface area contributed by atoms with E-state index in [1.807, 2.05) is 32.7 Å². The van der Waals surface area contributed by atoms with Crippen LogP contribution in [0.2, 0.25) is 0 Å². The lowest BCUT2D eigenvalue weighted by Crippen LogP contribution is -2.60. The molecule has 2 saturated heterocycles. The maximum Gasteiger partial charge on any atom is 0.410 e. The smallest absolute Gasteiger partial charge is 0.410 e. The second kappa shape index (κ2) is 6.04. The largest absolute Gasteiger partial charge is 0.479 e. The van der Waals surface area contributed by atoms with E-state index in [1.165, 1.54) is 0 Å². The Kier molecular flexibility index (Phi) is 4.67. The zero-order valence-electron chi connectivity index (χ0n) is 13.8. The summed E-state index contributed by atoms with van der Waals surface area (Å²) in [5.74, 6) is -0.930. The number of morpholine rings is 1. The van der Waals surface area contributed by atoms with Gasteiger partial charge in [-0.05, 0) is 40.7 Å². The van der Waals surface area contributed by atoms with Crippen LogP contribution in [0.5, 0.6) is 0 Å². The molecule has 1 atom stereocenters. The van der Waals surface area contributed by atoms with Gasteiger partial charge in [-0.3, -0.25) is 0 Å². The SMILES string of the molecule is CN1C[C@@H](C(=O)O)OC2(CCN(C(=O)OC(C)(C)C)CC2)C1. The number of likely N-dealkylation sites (tertiary alicyclic amines) is 1. The second-order valence-electron chi connectivity index (χ2n) is 7.29. The number of hydrogen-bond acceptors (Lipinski definition) is 5. The number of carboxylic acids is 1. The molecule has 2 aliphatic heterocycles. The van der Waals surface area contributed by atoms with Gasteiger partial charge >= 0.3 is 12.1 Å². The number of ether oxygens (including phenoxy) is 2. The summed E-state index contributed by atoms with van der Waals surface area (Å²) in [5.41, 5.74) is -0.989. The van der Waals surface area contributed by atoms with Crippen molar-refractivity contribution in [2.75, 3.05) is 33.2 Å². The summed E-state index contributed by atoms with van der Waals surface area (Å²) in [5, 5.41) is 9.20. The molecule has 0 unspecified atom stereocenters. The van der Waals surface area contributed by atoms with Gasteiger partial charge in [0.1, 0.15) is 5.60 Å². The van der Waals surface area contributed by atoms with Crippen LogP contribution in [0.25, 0.3) is 0 Å². The lowest BCUT2D eigenvalue weighted by atomic mass is 9.89. The Morgan fingerprint density at radius 1 is 1.27 bits per heavy atom. The van der Waals surface area contributed by atoms with Crippen LogP contribution < -0.4 is 0 Å². The van der Waals surface area contributed by atoms with Crippen LogP contribution in [0.1, 0.15) is 33.6 Å². The summed E-state index contributed by atoms with van der Waals surface area (Å²) in [6, 6.07) is 0. The number of hydrogen-bond donors (Lipinski definition) is 1. The summed E-state index contributed by atoms with van der Waals surface area (Å²) >= 11 is 0. The minimum atomic E-state index is -0.930. The molecule has 126 valence electrons. The molecule has 2 heterocycles. The van der Waals surface area contributed by atoms with E-state index in [0.29, 0.717) is 39.0 Å². The molecule has 1 amide bonds. The summed E-state index contributed by atoms with van der Waals surface area (Å²) in [4.78, 5) is 27.0. The highest BCUT2D eigenvalue weighted by molar-refractivity contribution is 5.73. The molecule has 2 rings (SSSR count). The van der Waals surface area contributed by atoms with Crippen LogP contribution in [0.4, 0.5) is 4.79 Å². The van der Waals surface area contributed by atoms with E-state index in [0.717, 1.165) is 0 Å². The van der Waals surface area contributed by atoms with E-state index < -0.39 is 23.3 Å². The van der Waals surface area contributed by atoms with Crippen LogP contribution in [-0.4, -0.2) is 77.5 Å². The molecular formula is C15H26N2O5. The normalized spacial score (nSPS) is 26.0. The molecule has 1 N–H and O–H groups in total. The Morgan fingerprint density at radius 3 is 2.36 bits per heavy atom. The maximum absolute atomic E-state index is 12.1. The predicted octanol–water partition coefficient (Wildman–Crippen LogP) is 1.17. The number of carboxylic acid groups (broad SMARTS) is 1. The third-order valence-corrected chi connectivity index (χ3v) is 4.03. The standard InChI is InChI=1S/C15H26N2O5/c1-14(2,3)22-13(20)17-7-5-15(6-8-17)10-16(4)9-11(21-15)12(18)19/h11H,5-10H2,1-4H3,(H,18,19)/t11-/m0/s1. The number of carbonyl (C=O) groups is 2. The quantitative estimate of drug-likeness (QED) is 0.783. The van der Waals surface area contributed by atoms with E-state index in [4.69, 9.17) is 9.47 Å². The fraction of sp³-hybridized carbons (Fsp3) is 0.867. The highest BCUT2D eigenvalue weighted by Crippen LogP contribution is 2.32. The van der Waals surface area contributed by atoms with Crippen molar-refractivity contribution in [3.8, 4) is 0 Å². The molecule has 7 nitrogen and oxygen atoms in total. The van der Waals surface area contributed by atoms with Crippen LogP contribution >= 0.6 is 0 Å². The van der Waals surface area contributed by atoms with Gasteiger partial charge in [-0.15, -0.1) is 0 Å². The van der Waals surface area contributed by atoms with Crippen LogP contribution in [0, 0.1) is 0 Å². The summed E-state index contributed by atoms with van der Waals surface area (Å²) in [6.07, 6.45) is 0.133. The number of nitrogens with zero attached hydrogens (tertiary/aromatic N) is 2. The van der Waals surface area contributed by atoms with Crippen molar-refractivity contribution < 1.29 is 24.2 Å². The fourth-order valence-corrected chi connectivity index (χ4v) is 3.04. The molecule has 0 aliphatic carbocycles. The van der Waals surface area contributed by atoms with Crippen molar-refractivity contribution in [2.24, 2.45) is 0 Å². The first kappa shape index (κ1) is 17.0. The maximum atomic E-state index is 12.1. The molecular weight excluding hydrogens is 288 g/mol. The number of amides is 1. The summed E-state index contributed by atoms with van der Waals surface area (Å²) in [7, 11) is 1.90. The molecule has 0 aromatic rings. The molecule has 2 aliphatic rings. The lowest BCUT2D eigenvalue weighted by Gasteiger charge is -2.48. The van der Waals surface area contributed by atoms with E-state index in [1.54, 1.807) is 4.90 Å². The Hall–Kier alpha value is -1.34. The summed E-state index contributed by atoms with van der Waals surface area (Å²) < 4.78 is 11.2. The Morgan fingerprint density at radius 2 is 1.86 bits per heavy atom. The Balaban J connectivity index is 1.95. The molecule has 7 heteroatoms.